The maximum atomic E-state index is 11.8. The van der Waals surface area contributed by atoms with Gasteiger partial charge in [-0.25, -0.2) is 4.98 Å². The Morgan fingerprint density at radius 2 is 1.77 bits per heavy atom. The summed E-state index contributed by atoms with van der Waals surface area (Å²) in [7, 11) is 0. The van der Waals surface area contributed by atoms with E-state index >= 15 is 0 Å². The molecular formula is C22H21N5O4. The van der Waals surface area contributed by atoms with Crippen LogP contribution in [-0.2, 0) is 14.3 Å². The fourth-order valence-corrected chi connectivity index (χ4v) is 2.95. The monoisotopic (exact) mass is 419 g/mol. The summed E-state index contributed by atoms with van der Waals surface area (Å²) < 4.78 is 12.3. The summed E-state index contributed by atoms with van der Waals surface area (Å²) in [5.41, 5.74) is 3.89. The number of aromatic amines is 1. The number of benzene rings is 2. The summed E-state index contributed by atoms with van der Waals surface area (Å²) in [6.45, 7) is 4.84. The van der Waals surface area contributed by atoms with E-state index in [1.165, 1.54) is 6.92 Å². The minimum atomic E-state index is -0.506. The van der Waals surface area contributed by atoms with Crippen LogP contribution in [-0.4, -0.2) is 38.3 Å². The van der Waals surface area contributed by atoms with E-state index in [9.17, 15) is 9.59 Å². The number of carbonyl (C=O) groups is 2. The summed E-state index contributed by atoms with van der Waals surface area (Å²) in [6, 6.07) is 14.8. The van der Waals surface area contributed by atoms with Crippen molar-refractivity contribution < 1.29 is 19.1 Å². The van der Waals surface area contributed by atoms with E-state index in [0.717, 1.165) is 16.8 Å². The molecule has 1 amide bonds. The molecule has 158 valence electrons. The van der Waals surface area contributed by atoms with Crippen LogP contribution in [0, 0.1) is 13.8 Å². The quantitative estimate of drug-likeness (QED) is 0.462. The van der Waals surface area contributed by atoms with Gasteiger partial charge in [0.15, 0.2) is 18.2 Å². The number of esters is 1. The van der Waals surface area contributed by atoms with Crippen molar-refractivity contribution in [3.05, 3.63) is 59.8 Å². The predicted molar refractivity (Wildman–Crippen MR) is 114 cm³/mol. The van der Waals surface area contributed by atoms with Gasteiger partial charge in [0.1, 0.15) is 5.75 Å². The maximum Gasteiger partial charge on any atom is 0.303 e. The number of nitrogens with one attached hydrogen (secondary N) is 2. The molecule has 0 saturated carbocycles. The molecule has 0 spiro atoms. The summed E-state index contributed by atoms with van der Waals surface area (Å²) in [4.78, 5) is 27.2. The van der Waals surface area contributed by atoms with Crippen LogP contribution in [0.25, 0.3) is 17.0 Å². The molecule has 2 N–H and O–H groups in total. The second-order valence-corrected chi connectivity index (χ2v) is 7.06. The van der Waals surface area contributed by atoms with Crippen LogP contribution in [0.1, 0.15) is 18.2 Å². The van der Waals surface area contributed by atoms with E-state index in [1.807, 2.05) is 38.1 Å². The third-order valence-electron chi connectivity index (χ3n) is 4.50. The Hall–Kier alpha value is -4.14. The number of aryl methyl sites for hydroxylation is 2. The number of ether oxygens (including phenoxy) is 2. The van der Waals surface area contributed by atoms with Gasteiger partial charge in [0, 0.05) is 18.2 Å². The zero-order valence-electron chi connectivity index (χ0n) is 17.3. The standard InChI is InChI=1S/C22H21N5O4/c1-13-4-10-18(11-5-13)31-20-14(2)25-27-22(20)24-21(26-27)16-6-8-17(9-7-16)23-19(29)12-30-15(3)28/h4-11,25H,12H2,1-3H3,(H,23,29). The lowest BCUT2D eigenvalue weighted by atomic mass is 10.2. The summed E-state index contributed by atoms with van der Waals surface area (Å²) in [6.07, 6.45) is 0. The van der Waals surface area contributed by atoms with Crippen LogP contribution >= 0.6 is 0 Å². The first-order chi connectivity index (χ1) is 14.9. The molecule has 9 nitrogen and oxygen atoms in total. The van der Waals surface area contributed by atoms with Gasteiger partial charge in [-0.2, -0.15) is 0 Å². The van der Waals surface area contributed by atoms with Crippen molar-refractivity contribution in [3.8, 4) is 22.9 Å². The number of rotatable bonds is 6. The van der Waals surface area contributed by atoms with Crippen LogP contribution in [0.2, 0.25) is 0 Å². The Morgan fingerprint density at radius 3 is 2.45 bits per heavy atom. The highest BCUT2D eigenvalue weighted by Crippen LogP contribution is 2.30. The van der Waals surface area contributed by atoms with Crippen molar-refractivity contribution in [1.29, 1.82) is 0 Å². The molecule has 0 aliphatic carbocycles. The number of hydrogen-bond acceptors (Lipinski definition) is 6. The predicted octanol–water partition coefficient (Wildman–Crippen LogP) is 3.64. The second kappa shape index (κ2) is 8.31. The van der Waals surface area contributed by atoms with Crippen molar-refractivity contribution in [3.63, 3.8) is 0 Å². The lowest BCUT2D eigenvalue weighted by Crippen LogP contribution is -2.19. The lowest BCUT2D eigenvalue weighted by molar-refractivity contribution is -0.144. The molecule has 4 aromatic rings. The van der Waals surface area contributed by atoms with Gasteiger partial charge in [0.2, 0.25) is 5.65 Å². The maximum absolute atomic E-state index is 11.8. The minimum Gasteiger partial charge on any atom is -0.456 e. The van der Waals surface area contributed by atoms with Crippen molar-refractivity contribution in [1.82, 2.24) is 19.8 Å². The largest absolute Gasteiger partial charge is 0.456 e. The Labute approximate surface area is 178 Å². The molecule has 2 heterocycles. The van der Waals surface area contributed by atoms with E-state index in [-0.39, 0.29) is 6.61 Å². The number of anilines is 1. The average molecular weight is 419 g/mol. The van der Waals surface area contributed by atoms with Crippen LogP contribution in [0.4, 0.5) is 5.69 Å². The van der Waals surface area contributed by atoms with E-state index in [1.54, 1.807) is 28.9 Å². The Morgan fingerprint density at radius 1 is 1.06 bits per heavy atom. The molecule has 0 aliphatic rings. The molecule has 0 unspecified atom stereocenters. The summed E-state index contributed by atoms with van der Waals surface area (Å²) >= 11 is 0. The van der Waals surface area contributed by atoms with Crippen LogP contribution in [0.15, 0.2) is 48.5 Å². The molecule has 0 aliphatic heterocycles. The van der Waals surface area contributed by atoms with Gasteiger partial charge in [0.25, 0.3) is 5.91 Å². The zero-order chi connectivity index (χ0) is 22.0. The van der Waals surface area contributed by atoms with Crippen LogP contribution in [0.5, 0.6) is 11.5 Å². The van der Waals surface area contributed by atoms with Crippen LogP contribution in [0.3, 0.4) is 0 Å². The number of carbonyl (C=O) groups excluding carboxylic acids is 2. The number of H-pyrrole nitrogens is 1. The van der Waals surface area contributed by atoms with E-state index < -0.39 is 11.9 Å². The van der Waals surface area contributed by atoms with Crippen LogP contribution < -0.4 is 10.1 Å². The first kappa shape index (κ1) is 20.1. The summed E-state index contributed by atoms with van der Waals surface area (Å²) in [5, 5.41) is 10.3. The molecular weight excluding hydrogens is 398 g/mol. The number of amides is 1. The molecule has 0 fully saturated rings. The average Bonchev–Trinajstić information content (AvgIpc) is 3.27. The number of fused-ring (bicyclic) bond motifs is 1. The van der Waals surface area contributed by atoms with Crippen molar-refractivity contribution in [2.45, 2.75) is 20.8 Å². The van der Waals surface area contributed by atoms with Gasteiger partial charge < -0.3 is 14.8 Å². The molecule has 9 heteroatoms. The summed E-state index contributed by atoms with van der Waals surface area (Å²) in [5.74, 6) is 0.918. The van der Waals surface area contributed by atoms with Crippen molar-refractivity contribution in [2.75, 3.05) is 11.9 Å². The Kier molecular flexibility index (Phi) is 5.40. The topological polar surface area (TPSA) is 111 Å². The zero-order valence-corrected chi connectivity index (χ0v) is 17.3. The lowest BCUT2D eigenvalue weighted by Gasteiger charge is -2.06. The van der Waals surface area contributed by atoms with Gasteiger partial charge in [0.05, 0.1) is 5.69 Å². The molecule has 0 saturated heterocycles. The number of hydrogen-bond donors (Lipinski definition) is 2. The minimum absolute atomic E-state index is 0.326. The fraction of sp³-hybridized carbons (Fsp3) is 0.182. The van der Waals surface area contributed by atoms with Gasteiger partial charge in [-0.15, -0.1) is 9.73 Å². The SMILES string of the molecule is CC(=O)OCC(=O)Nc1ccc(-c2nc3c(Oc4ccc(C)cc4)c(C)[nH]n3n2)cc1. The molecule has 31 heavy (non-hydrogen) atoms. The fourth-order valence-electron chi connectivity index (χ4n) is 2.95. The van der Waals surface area contributed by atoms with Crippen molar-refractivity contribution in [2.24, 2.45) is 0 Å². The highest BCUT2D eigenvalue weighted by atomic mass is 16.5. The van der Waals surface area contributed by atoms with E-state index in [0.29, 0.717) is 28.7 Å². The van der Waals surface area contributed by atoms with Gasteiger partial charge in [-0.1, -0.05) is 17.7 Å². The molecule has 4 rings (SSSR count). The highest BCUT2D eigenvalue weighted by Gasteiger charge is 2.17. The highest BCUT2D eigenvalue weighted by molar-refractivity contribution is 5.92. The molecule has 0 bridgehead atoms. The van der Waals surface area contributed by atoms with Crippen molar-refractivity contribution >= 4 is 23.2 Å². The Bertz CT molecular complexity index is 1240. The molecule has 0 atom stereocenters. The smallest absolute Gasteiger partial charge is 0.303 e. The third kappa shape index (κ3) is 4.55. The molecule has 0 radical (unpaired) electrons. The second-order valence-electron chi connectivity index (χ2n) is 7.06. The Balaban J connectivity index is 1.52. The normalized spacial score (nSPS) is 10.8. The molecule has 2 aromatic carbocycles. The van der Waals surface area contributed by atoms with Gasteiger partial charge >= 0.3 is 5.97 Å². The van der Waals surface area contributed by atoms with E-state index in [4.69, 9.17) is 4.74 Å². The first-order valence-electron chi connectivity index (χ1n) is 9.62. The molecule has 2 aromatic heterocycles. The third-order valence-corrected chi connectivity index (χ3v) is 4.50. The van der Waals surface area contributed by atoms with E-state index in [2.05, 4.69) is 25.2 Å². The first-order valence-corrected chi connectivity index (χ1v) is 9.62. The van der Waals surface area contributed by atoms with Gasteiger partial charge in [-0.05, 0) is 50.2 Å². The van der Waals surface area contributed by atoms with Gasteiger partial charge in [-0.3, -0.25) is 14.7 Å². The number of nitrogens with zero attached hydrogens (tertiary/aromatic N) is 3. The number of aromatic nitrogens is 4.